The van der Waals surface area contributed by atoms with Crippen LogP contribution in [-0.2, 0) is 16.0 Å². The lowest BCUT2D eigenvalue weighted by Gasteiger charge is -2.36. The van der Waals surface area contributed by atoms with Crippen LogP contribution in [0.4, 0.5) is 10.5 Å². The van der Waals surface area contributed by atoms with Gasteiger partial charge >= 0.3 is 6.09 Å². The molecule has 1 aliphatic heterocycles. The van der Waals surface area contributed by atoms with Crippen molar-refractivity contribution in [2.45, 2.75) is 32.6 Å². The zero-order chi connectivity index (χ0) is 19.9. The van der Waals surface area contributed by atoms with Crippen molar-refractivity contribution in [2.75, 3.05) is 25.0 Å². The molecule has 1 saturated heterocycles. The Hall–Kier alpha value is -2.82. The third-order valence-corrected chi connectivity index (χ3v) is 5.25. The summed E-state index contributed by atoms with van der Waals surface area (Å²) >= 11 is 0. The highest BCUT2D eigenvalue weighted by atomic mass is 16.6. The Bertz CT molecular complexity index is 789. The van der Waals surface area contributed by atoms with Crippen LogP contribution in [-0.4, -0.2) is 36.6 Å². The van der Waals surface area contributed by atoms with E-state index in [1.165, 1.54) is 5.56 Å². The molecule has 0 aliphatic carbocycles. The van der Waals surface area contributed by atoms with Crippen LogP contribution in [0.1, 0.15) is 37.3 Å². The number of carbonyl (C=O) groups is 2. The first-order valence-corrected chi connectivity index (χ1v) is 9.97. The molecule has 0 spiro atoms. The Kier molecular flexibility index (Phi) is 6.69. The highest BCUT2D eigenvalue weighted by Crippen LogP contribution is 2.31. The van der Waals surface area contributed by atoms with E-state index in [2.05, 4.69) is 36.5 Å². The van der Waals surface area contributed by atoms with Crippen molar-refractivity contribution in [1.29, 1.82) is 0 Å². The quantitative estimate of drug-likeness (QED) is 0.834. The summed E-state index contributed by atoms with van der Waals surface area (Å²) in [4.78, 5) is 26.9. The molecule has 1 N–H and O–H groups in total. The number of ether oxygens (including phenoxy) is 1. The Labute approximate surface area is 166 Å². The average molecular weight is 380 g/mol. The number of hydrogen-bond donors (Lipinski definition) is 1. The molecule has 148 valence electrons. The Morgan fingerprint density at radius 1 is 1.04 bits per heavy atom. The van der Waals surface area contributed by atoms with E-state index in [1.807, 2.05) is 30.3 Å². The molecule has 5 nitrogen and oxygen atoms in total. The van der Waals surface area contributed by atoms with Crippen LogP contribution in [0, 0.1) is 5.92 Å². The molecule has 5 heteroatoms. The van der Waals surface area contributed by atoms with E-state index in [4.69, 9.17) is 4.74 Å². The van der Waals surface area contributed by atoms with Crippen LogP contribution in [0.2, 0.25) is 0 Å². The van der Waals surface area contributed by atoms with Crippen LogP contribution in [0.5, 0.6) is 0 Å². The summed E-state index contributed by atoms with van der Waals surface area (Å²) in [6, 6.07) is 17.9. The van der Waals surface area contributed by atoms with Gasteiger partial charge in [0.2, 0.25) is 5.91 Å². The van der Waals surface area contributed by atoms with Gasteiger partial charge in [0.15, 0.2) is 0 Å². The van der Waals surface area contributed by atoms with E-state index >= 15 is 0 Å². The summed E-state index contributed by atoms with van der Waals surface area (Å²) in [5, 5.41) is 2.98. The number of para-hydroxylation sites is 1. The summed E-state index contributed by atoms with van der Waals surface area (Å²) in [7, 11) is 0. The van der Waals surface area contributed by atoms with Gasteiger partial charge in [-0.1, -0.05) is 49.4 Å². The molecule has 2 aromatic rings. The summed E-state index contributed by atoms with van der Waals surface area (Å²) in [6.45, 7) is 5.19. The molecular formula is C23H28N2O3. The molecule has 2 amide bonds. The van der Waals surface area contributed by atoms with Crippen molar-refractivity contribution in [1.82, 2.24) is 4.90 Å². The number of nitrogens with zero attached hydrogens (tertiary/aromatic N) is 1. The predicted molar refractivity (Wildman–Crippen MR) is 110 cm³/mol. The molecule has 0 aromatic heterocycles. The Balaban J connectivity index is 1.78. The maximum atomic E-state index is 12.9. The predicted octanol–water partition coefficient (Wildman–Crippen LogP) is 4.45. The minimum absolute atomic E-state index is 0.0598. The standard InChI is InChI=1S/C23H28N2O3/c1-3-17-10-12-18(13-11-17)19-14-20(16-25(15-19)23(27)28-4-2)22(26)24-21-8-6-5-7-9-21/h5-13,19-20H,3-4,14-16H2,1-2H3,(H,24,26). The van der Waals surface area contributed by atoms with E-state index in [0.717, 1.165) is 17.7 Å². The summed E-state index contributed by atoms with van der Waals surface area (Å²) in [6.07, 6.45) is 1.34. The number of nitrogens with one attached hydrogen (secondary N) is 1. The van der Waals surface area contributed by atoms with Crippen LogP contribution >= 0.6 is 0 Å². The lowest BCUT2D eigenvalue weighted by Crippen LogP contribution is -2.46. The van der Waals surface area contributed by atoms with Gasteiger partial charge in [0.1, 0.15) is 0 Å². The molecule has 0 saturated carbocycles. The van der Waals surface area contributed by atoms with Gasteiger partial charge in [-0.05, 0) is 43.0 Å². The smallest absolute Gasteiger partial charge is 0.409 e. The van der Waals surface area contributed by atoms with Crippen molar-refractivity contribution in [3.05, 3.63) is 65.7 Å². The number of amides is 2. The second kappa shape index (κ2) is 9.40. The lowest BCUT2D eigenvalue weighted by molar-refractivity contribution is -0.121. The van der Waals surface area contributed by atoms with Crippen molar-refractivity contribution >= 4 is 17.7 Å². The van der Waals surface area contributed by atoms with E-state index in [9.17, 15) is 9.59 Å². The van der Waals surface area contributed by atoms with Gasteiger partial charge in [0.05, 0.1) is 12.5 Å². The molecule has 1 aliphatic rings. The second-order valence-electron chi connectivity index (χ2n) is 7.18. The number of rotatable bonds is 5. The fourth-order valence-corrected chi connectivity index (χ4v) is 3.69. The van der Waals surface area contributed by atoms with E-state index in [0.29, 0.717) is 26.1 Å². The van der Waals surface area contributed by atoms with Crippen molar-refractivity contribution in [3.63, 3.8) is 0 Å². The third-order valence-electron chi connectivity index (χ3n) is 5.25. The topological polar surface area (TPSA) is 58.6 Å². The lowest BCUT2D eigenvalue weighted by atomic mass is 9.84. The molecule has 2 atom stereocenters. The maximum Gasteiger partial charge on any atom is 0.409 e. The number of likely N-dealkylation sites (tertiary alicyclic amines) is 1. The van der Waals surface area contributed by atoms with Crippen molar-refractivity contribution in [2.24, 2.45) is 5.92 Å². The molecule has 3 rings (SSSR count). The minimum Gasteiger partial charge on any atom is -0.450 e. The number of carbonyl (C=O) groups excluding carboxylic acids is 2. The van der Waals surface area contributed by atoms with Crippen LogP contribution in [0.15, 0.2) is 54.6 Å². The molecule has 1 fully saturated rings. The molecule has 2 aromatic carbocycles. The van der Waals surface area contributed by atoms with E-state index in [1.54, 1.807) is 11.8 Å². The number of hydrogen-bond acceptors (Lipinski definition) is 3. The number of benzene rings is 2. The number of piperidine rings is 1. The van der Waals surface area contributed by atoms with Crippen LogP contribution < -0.4 is 5.32 Å². The van der Waals surface area contributed by atoms with Crippen molar-refractivity contribution < 1.29 is 14.3 Å². The third kappa shape index (κ3) is 4.91. The SMILES string of the molecule is CCOC(=O)N1CC(C(=O)Nc2ccccc2)CC(c2ccc(CC)cc2)C1. The molecule has 28 heavy (non-hydrogen) atoms. The van der Waals surface area contributed by atoms with Crippen molar-refractivity contribution in [3.8, 4) is 0 Å². The van der Waals surface area contributed by atoms with Crippen LogP contribution in [0.3, 0.4) is 0 Å². The zero-order valence-corrected chi connectivity index (χ0v) is 16.6. The minimum atomic E-state index is -0.352. The number of anilines is 1. The van der Waals surface area contributed by atoms with E-state index < -0.39 is 0 Å². The molecule has 0 radical (unpaired) electrons. The molecule has 1 heterocycles. The Morgan fingerprint density at radius 2 is 1.75 bits per heavy atom. The first-order valence-electron chi connectivity index (χ1n) is 9.97. The summed E-state index contributed by atoms with van der Waals surface area (Å²) < 4.78 is 5.20. The highest BCUT2D eigenvalue weighted by molar-refractivity contribution is 5.93. The van der Waals surface area contributed by atoms with Gasteiger partial charge < -0.3 is 15.0 Å². The Morgan fingerprint density at radius 3 is 2.39 bits per heavy atom. The largest absolute Gasteiger partial charge is 0.450 e. The fraction of sp³-hybridized carbons (Fsp3) is 0.391. The van der Waals surface area contributed by atoms with Gasteiger partial charge in [-0.25, -0.2) is 4.79 Å². The summed E-state index contributed by atoms with van der Waals surface area (Å²) in [5.41, 5.74) is 3.20. The van der Waals surface area contributed by atoms with Gasteiger partial charge in [0, 0.05) is 24.7 Å². The van der Waals surface area contributed by atoms with E-state index in [-0.39, 0.29) is 23.8 Å². The summed E-state index contributed by atoms with van der Waals surface area (Å²) in [5.74, 6) is -0.236. The van der Waals surface area contributed by atoms with Gasteiger partial charge in [0.25, 0.3) is 0 Å². The first kappa shape index (κ1) is 19.9. The fourth-order valence-electron chi connectivity index (χ4n) is 3.69. The van der Waals surface area contributed by atoms with Crippen LogP contribution in [0.25, 0.3) is 0 Å². The normalized spacial score (nSPS) is 19.1. The first-order chi connectivity index (χ1) is 13.6. The zero-order valence-electron chi connectivity index (χ0n) is 16.6. The second-order valence-corrected chi connectivity index (χ2v) is 7.18. The molecule has 2 unspecified atom stereocenters. The average Bonchev–Trinajstić information content (AvgIpc) is 2.74. The van der Waals surface area contributed by atoms with Gasteiger partial charge in [-0.3, -0.25) is 4.79 Å². The maximum absolute atomic E-state index is 12.9. The molecular weight excluding hydrogens is 352 g/mol. The monoisotopic (exact) mass is 380 g/mol. The van der Waals surface area contributed by atoms with Gasteiger partial charge in [-0.15, -0.1) is 0 Å². The molecule has 0 bridgehead atoms. The van der Waals surface area contributed by atoms with Gasteiger partial charge in [-0.2, -0.15) is 0 Å². The number of aryl methyl sites for hydroxylation is 1. The highest BCUT2D eigenvalue weighted by Gasteiger charge is 2.35.